The number of sulfone groups is 1. The second-order valence-corrected chi connectivity index (χ2v) is 8.50. The molecule has 0 spiro atoms. The van der Waals surface area contributed by atoms with Gasteiger partial charge in [0.1, 0.15) is 0 Å². The fraction of sp³-hybridized carbons (Fsp3) is 0.200. The first-order valence-corrected chi connectivity index (χ1v) is 9.04. The molecule has 0 saturated carbocycles. The molecule has 2 aromatic rings. The number of rotatable bonds is 4. The molecule has 6 heteroatoms. The summed E-state index contributed by atoms with van der Waals surface area (Å²) in [6.45, 7) is 1.58. The lowest BCUT2D eigenvalue weighted by Gasteiger charge is -2.22. The molecule has 0 fully saturated rings. The summed E-state index contributed by atoms with van der Waals surface area (Å²) in [7, 11) is -3.32. The normalized spacial score (nSPS) is 12.4. The highest BCUT2D eigenvalue weighted by Gasteiger charge is 2.31. The van der Waals surface area contributed by atoms with Crippen LogP contribution < -0.4 is 0 Å². The van der Waals surface area contributed by atoms with Crippen LogP contribution in [-0.2, 0) is 14.2 Å². The third-order valence-corrected chi connectivity index (χ3v) is 6.04. The molecule has 0 bridgehead atoms. The summed E-state index contributed by atoms with van der Waals surface area (Å²) >= 11 is 19.0. The fourth-order valence-corrected chi connectivity index (χ4v) is 3.88. The van der Waals surface area contributed by atoms with Crippen LogP contribution in [0.1, 0.15) is 18.1 Å². The molecule has 0 unspecified atom stereocenters. The Balaban J connectivity index is 2.52. The zero-order valence-corrected chi connectivity index (χ0v) is 14.3. The number of halogens is 3. The minimum atomic E-state index is -3.32. The van der Waals surface area contributed by atoms with Crippen molar-refractivity contribution < 1.29 is 8.42 Å². The van der Waals surface area contributed by atoms with E-state index in [2.05, 4.69) is 0 Å². The van der Waals surface area contributed by atoms with Crippen LogP contribution in [-0.4, -0.2) is 14.2 Å². The van der Waals surface area contributed by atoms with Crippen molar-refractivity contribution in [3.8, 4) is 0 Å². The van der Waals surface area contributed by atoms with E-state index in [4.69, 9.17) is 34.8 Å². The van der Waals surface area contributed by atoms with Crippen LogP contribution in [0.2, 0.25) is 5.02 Å². The largest absolute Gasteiger partial charge is 0.224 e. The Morgan fingerprint density at radius 1 is 1.05 bits per heavy atom. The molecule has 0 amide bonds. The van der Waals surface area contributed by atoms with Gasteiger partial charge < -0.3 is 0 Å². The lowest BCUT2D eigenvalue weighted by molar-refractivity contribution is 0.597. The quantitative estimate of drug-likeness (QED) is 0.730. The lowest BCUT2D eigenvalue weighted by Crippen LogP contribution is -2.13. The topological polar surface area (TPSA) is 34.1 Å². The Bertz CT molecular complexity index is 741. The van der Waals surface area contributed by atoms with E-state index in [-0.39, 0.29) is 15.7 Å². The van der Waals surface area contributed by atoms with E-state index < -0.39 is 14.2 Å². The van der Waals surface area contributed by atoms with Crippen molar-refractivity contribution in [1.82, 2.24) is 0 Å². The van der Waals surface area contributed by atoms with Crippen molar-refractivity contribution in [2.75, 3.05) is 5.75 Å². The zero-order valence-electron chi connectivity index (χ0n) is 11.2. The predicted molar refractivity (Wildman–Crippen MR) is 88.1 cm³/mol. The Labute approximate surface area is 139 Å². The van der Waals surface area contributed by atoms with Crippen LogP contribution in [0, 0.1) is 0 Å². The Hall–Kier alpha value is -0.740. The van der Waals surface area contributed by atoms with Crippen molar-refractivity contribution in [3.05, 3.63) is 64.7 Å². The highest BCUT2D eigenvalue weighted by atomic mass is 35.5. The molecular weight excluding hydrogens is 351 g/mol. The van der Waals surface area contributed by atoms with Gasteiger partial charge in [0.2, 0.25) is 0 Å². The van der Waals surface area contributed by atoms with E-state index in [0.717, 1.165) is 0 Å². The number of hydrogen-bond acceptors (Lipinski definition) is 2. The number of alkyl halides is 2. The highest BCUT2D eigenvalue weighted by molar-refractivity contribution is 7.91. The monoisotopic (exact) mass is 362 g/mol. The van der Waals surface area contributed by atoms with Crippen molar-refractivity contribution in [2.24, 2.45) is 0 Å². The third-order valence-electron chi connectivity index (χ3n) is 3.15. The maximum atomic E-state index is 11.9. The first kappa shape index (κ1) is 16.6. The van der Waals surface area contributed by atoms with Crippen LogP contribution in [0.15, 0.2) is 53.4 Å². The SMILES string of the molecule is CCS(=O)(=O)c1ccc(C(Cl)(Cl)c2ccccc2)c(Cl)c1. The van der Waals surface area contributed by atoms with Crippen molar-refractivity contribution in [2.45, 2.75) is 16.2 Å². The molecule has 0 atom stereocenters. The van der Waals surface area contributed by atoms with Crippen LogP contribution in [0.3, 0.4) is 0 Å². The number of benzene rings is 2. The second-order valence-electron chi connectivity index (χ2n) is 4.49. The second kappa shape index (κ2) is 6.17. The van der Waals surface area contributed by atoms with Crippen LogP contribution in [0.5, 0.6) is 0 Å². The van der Waals surface area contributed by atoms with E-state index in [1.165, 1.54) is 12.1 Å². The molecule has 0 radical (unpaired) electrons. The summed E-state index contributed by atoms with van der Waals surface area (Å²) in [5.41, 5.74) is 1.12. The average Bonchev–Trinajstić information content (AvgIpc) is 2.47. The molecule has 0 saturated heterocycles. The first-order valence-electron chi connectivity index (χ1n) is 6.25. The Morgan fingerprint density at radius 2 is 1.67 bits per heavy atom. The molecule has 2 aromatic carbocycles. The lowest BCUT2D eigenvalue weighted by atomic mass is 10.0. The van der Waals surface area contributed by atoms with E-state index in [9.17, 15) is 8.42 Å². The smallest absolute Gasteiger partial charge is 0.178 e. The highest BCUT2D eigenvalue weighted by Crippen LogP contribution is 2.44. The van der Waals surface area contributed by atoms with E-state index in [0.29, 0.717) is 11.1 Å². The van der Waals surface area contributed by atoms with Crippen LogP contribution in [0.4, 0.5) is 0 Å². The summed E-state index contributed by atoms with van der Waals surface area (Å²) < 4.78 is 22.4. The first-order chi connectivity index (χ1) is 9.79. The van der Waals surface area contributed by atoms with Gasteiger partial charge in [-0.2, -0.15) is 0 Å². The van der Waals surface area contributed by atoms with Gasteiger partial charge in [-0.25, -0.2) is 8.42 Å². The molecule has 0 aliphatic rings. The fourth-order valence-electron chi connectivity index (χ4n) is 1.91. The summed E-state index contributed by atoms with van der Waals surface area (Å²) in [6.07, 6.45) is 0. The zero-order chi connectivity index (χ0) is 15.7. The summed E-state index contributed by atoms with van der Waals surface area (Å²) in [4.78, 5) is 0.163. The van der Waals surface area contributed by atoms with E-state index in [1.54, 1.807) is 25.1 Å². The molecule has 0 aliphatic carbocycles. The maximum absolute atomic E-state index is 11.9. The molecule has 2 nitrogen and oxygen atoms in total. The van der Waals surface area contributed by atoms with Crippen LogP contribution in [0.25, 0.3) is 0 Å². The van der Waals surface area contributed by atoms with E-state index >= 15 is 0 Å². The summed E-state index contributed by atoms with van der Waals surface area (Å²) in [5, 5.41) is 0.221. The van der Waals surface area contributed by atoms with Gasteiger partial charge in [0.05, 0.1) is 10.6 Å². The van der Waals surface area contributed by atoms with Crippen molar-refractivity contribution in [1.29, 1.82) is 0 Å². The van der Waals surface area contributed by atoms with Gasteiger partial charge in [0.15, 0.2) is 14.2 Å². The average molecular weight is 364 g/mol. The molecule has 21 heavy (non-hydrogen) atoms. The molecule has 112 valence electrons. The van der Waals surface area contributed by atoms with Gasteiger partial charge in [-0.3, -0.25) is 0 Å². The summed E-state index contributed by atoms with van der Waals surface area (Å²) in [5.74, 6) is 0.00819. The van der Waals surface area contributed by atoms with Crippen LogP contribution >= 0.6 is 34.8 Å². The standard InChI is InChI=1S/C15H13Cl3O2S/c1-2-21(19,20)12-8-9-13(14(16)10-12)15(17,18)11-6-4-3-5-7-11/h3-10H,2H2,1H3. The number of hydrogen-bond donors (Lipinski definition) is 0. The van der Waals surface area contributed by atoms with Gasteiger partial charge in [-0.1, -0.05) is 78.1 Å². The van der Waals surface area contributed by atoms with Gasteiger partial charge in [0.25, 0.3) is 0 Å². The molecule has 0 aromatic heterocycles. The predicted octanol–water partition coefficient (Wildman–Crippen LogP) is 4.81. The van der Waals surface area contributed by atoms with Crippen molar-refractivity contribution >= 4 is 44.6 Å². The molecule has 0 aliphatic heterocycles. The van der Waals surface area contributed by atoms with Crippen molar-refractivity contribution in [3.63, 3.8) is 0 Å². The molecule has 0 N–H and O–H groups in total. The molecule has 2 rings (SSSR count). The van der Waals surface area contributed by atoms with E-state index in [1.807, 2.05) is 18.2 Å². The minimum absolute atomic E-state index is 0.00819. The molecule has 0 heterocycles. The third kappa shape index (κ3) is 3.37. The molecular formula is C15H13Cl3O2S. The Kier molecular flexibility index (Phi) is 4.89. The van der Waals surface area contributed by atoms with Gasteiger partial charge in [0, 0.05) is 10.6 Å². The Morgan fingerprint density at radius 3 is 2.19 bits per heavy atom. The minimum Gasteiger partial charge on any atom is -0.224 e. The van der Waals surface area contributed by atoms with Gasteiger partial charge >= 0.3 is 0 Å². The van der Waals surface area contributed by atoms with Gasteiger partial charge in [-0.05, 0) is 17.7 Å². The summed E-state index contributed by atoms with van der Waals surface area (Å²) in [6, 6.07) is 13.5. The maximum Gasteiger partial charge on any atom is 0.178 e. The van der Waals surface area contributed by atoms with Gasteiger partial charge in [-0.15, -0.1) is 0 Å².